The largest absolute Gasteiger partial charge is 0.301 e. The van der Waals surface area contributed by atoms with Crippen molar-refractivity contribution < 1.29 is 19.6 Å². The van der Waals surface area contributed by atoms with E-state index in [-0.39, 0.29) is 12.5 Å². The van der Waals surface area contributed by atoms with Gasteiger partial charge in [0.1, 0.15) is 12.3 Å². The molecule has 1 saturated carbocycles. The molecule has 0 aromatic heterocycles. The minimum atomic E-state index is -0.476. The van der Waals surface area contributed by atoms with Crippen molar-refractivity contribution in [3.63, 3.8) is 0 Å². The zero-order valence-corrected chi connectivity index (χ0v) is 12.1. The lowest BCUT2D eigenvalue weighted by atomic mass is 9.92. The van der Waals surface area contributed by atoms with Crippen LogP contribution in [0.2, 0.25) is 0 Å². The molecule has 2 N–H and O–H groups in total. The maximum Gasteiger partial charge on any atom is 0.242 e. The van der Waals surface area contributed by atoms with Gasteiger partial charge in [-0.25, -0.2) is 10.5 Å². The molecule has 0 aromatic carbocycles. The van der Waals surface area contributed by atoms with Crippen LogP contribution in [0, 0.1) is 11.8 Å². The van der Waals surface area contributed by atoms with Crippen LogP contribution < -0.4 is 5.43 Å². The number of hydroxylamine groups is 2. The highest BCUT2D eigenvalue weighted by Crippen LogP contribution is 2.31. The lowest BCUT2D eigenvalue weighted by Gasteiger charge is -2.28. The molecule has 1 aliphatic heterocycles. The smallest absolute Gasteiger partial charge is 0.242 e. The van der Waals surface area contributed by atoms with Gasteiger partial charge in [0.05, 0.1) is 12.5 Å². The van der Waals surface area contributed by atoms with E-state index in [1.807, 2.05) is 0 Å². The number of hydrogen-bond donors (Lipinski definition) is 2. The van der Waals surface area contributed by atoms with Crippen molar-refractivity contribution in [1.82, 2.24) is 15.5 Å². The fourth-order valence-corrected chi connectivity index (χ4v) is 3.32. The zero-order chi connectivity index (χ0) is 15.2. The normalized spacial score (nSPS) is 24.0. The first kappa shape index (κ1) is 15.9. The first-order chi connectivity index (χ1) is 10.2. The predicted octanol–water partition coefficient (Wildman–Crippen LogP) is 0.335. The summed E-state index contributed by atoms with van der Waals surface area (Å²) in [6.45, 7) is 0.560. The molecule has 0 radical (unpaired) electrons. The van der Waals surface area contributed by atoms with Crippen LogP contribution in [0.3, 0.4) is 0 Å². The van der Waals surface area contributed by atoms with Crippen LogP contribution in [-0.2, 0) is 14.4 Å². The molecule has 2 aliphatic rings. The van der Waals surface area contributed by atoms with Gasteiger partial charge in [0.2, 0.25) is 12.3 Å². The molecule has 2 unspecified atom stereocenters. The van der Waals surface area contributed by atoms with Gasteiger partial charge >= 0.3 is 0 Å². The Morgan fingerprint density at radius 1 is 1.33 bits per heavy atom. The van der Waals surface area contributed by atoms with Crippen LogP contribution in [0.1, 0.15) is 38.5 Å². The number of nitrogens with one attached hydrogen (secondary N) is 1. The number of hydrogen-bond acceptors (Lipinski definition) is 5. The third kappa shape index (κ3) is 4.01. The fraction of sp³-hybridized carbons (Fsp3) is 0.786. The number of carbonyl (C=O) groups excluding carboxylic acids is 3. The van der Waals surface area contributed by atoms with Gasteiger partial charge in [-0.2, -0.15) is 0 Å². The van der Waals surface area contributed by atoms with Crippen molar-refractivity contribution >= 4 is 18.6 Å². The van der Waals surface area contributed by atoms with Crippen molar-refractivity contribution in [2.45, 2.75) is 44.6 Å². The van der Waals surface area contributed by atoms with E-state index < -0.39 is 12.0 Å². The van der Waals surface area contributed by atoms with Gasteiger partial charge in [0.25, 0.3) is 0 Å². The molecule has 0 aromatic rings. The van der Waals surface area contributed by atoms with Crippen LogP contribution in [0.4, 0.5) is 0 Å². The highest BCUT2D eigenvalue weighted by atomic mass is 16.5. The first-order valence-corrected chi connectivity index (χ1v) is 7.58. The van der Waals surface area contributed by atoms with Crippen LogP contribution in [0.5, 0.6) is 0 Å². The summed E-state index contributed by atoms with van der Waals surface area (Å²) in [5.41, 5.74) is 2.92. The van der Waals surface area contributed by atoms with Gasteiger partial charge in [-0.15, -0.1) is 0 Å². The van der Waals surface area contributed by atoms with Crippen LogP contribution in [0.25, 0.3) is 0 Å². The summed E-state index contributed by atoms with van der Waals surface area (Å²) in [4.78, 5) is 34.2. The summed E-state index contributed by atoms with van der Waals surface area (Å²) in [5, 5.41) is 11.3. The van der Waals surface area contributed by atoms with Crippen molar-refractivity contribution in [3.8, 4) is 0 Å². The molecule has 118 valence electrons. The topological polar surface area (TPSA) is 90.0 Å². The Hall–Kier alpha value is -1.47. The zero-order valence-electron chi connectivity index (χ0n) is 12.1. The van der Waals surface area contributed by atoms with E-state index in [0.29, 0.717) is 36.8 Å². The second-order valence-electron chi connectivity index (χ2n) is 5.92. The molecule has 21 heavy (non-hydrogen) atoms. The Bertz CT molecular complexity index is 384. The van der Waals surface area contributed by atoms with Gasteiger partial charge in [-0.3, -0.25) is 19.8 Å². The van der Waals surface area contributed by atoms with E-state index in [1.165, 1.54) is 17.9 Å². The molecule has 7 nitrogen and oxygen atoms in total. The third-order valence-corrected chi connectivity index (χ3v) is 4.42. The summed E-state index contributed by atoms with van der Waals surface area (Å²) in [6.07, 6.45) is 6.82. The van der Waals surface area contributed by atoms with Gasteiger partial charge < -0.3 is 4.79 Å². The molecule has 2 amide bonds. The molecular formula is C14H23N3O4. The maximum absolute atomic E-state index is 12.6. The lowest BCUT2D eigenvalue weighted by Crippen LogP contribution is -2.48. The fourth-order valence-electron chi connectivity index (χ4n) is 3.32. The number of aldehydes is 1. The monoisotopic (exact) mass is 297 g/mol. The highest BCUT2D eigenvalue weighted by Gasteiger charge is 2.35. The van der Waals surface area contributed by atoms with E-state index in [4.69, 9.17) is 0 Å². The van der Waals surface area contributed by atoms with Crippen LogP contribution in [-0.4, -0.2) is 53.0 Å². The summed E-state index contributed by atoms with van der Waals surface area (Å²) < 4.78 is 0. The highest BCUT2D eigenvalue weighted by molar-refractivity contribution is 5.82. The second-order valence-corrected chi connectivity index (χ2v) is 5.92. The first-order valence-electron chi connectivity index (χ1n) is 7.58. The second kappa shape index (κ2) is 7.51. The Morgan fingerprint density at radius 3 is 2.67 bits per heavy atom. The van der Waals surface area contributed by atoms with E-state index in [1.54, 1.807) is 0 Å². The summed E-state index contributed by atoms with van der Waals surface area (Å²) in [5.74, 6) is -0.231. The van der Waals surface area contributed by atoms with Gasteiger partial charge in [0.15, 0.2) is 0 Å². The summed E-state index contributed by atoms with van der Waals surface area (Å²) in [7, 11) is 0. The van der Waals surface area contributed by atoms with Crippen molar-refractivity contribution in [3.05, 3.63) is 0 Å². The summed E-state index contributed by atoms with van der Waals surface area (Å²) in [6, 6.07) is -0.452. The van der Waals surface area contributed by atoms with Crippen molar-refractivity contribution in [2.24, 2.45) is 11.8 Å². The lowest BCUT2D eigenvalue weighted by molar-refractivity contribution is -0.159. The van der Waals surface area contributed by atoms with E-state index in [2.05, 4.69) is 5.43 Å². The Kier molecular flexibility index (Phi) is 5.69. The molecule has 7 heteroatoms. The number of nitrogens with zero attached hydrogens (tertiary/aromatic N) is 2. The van der Waals surface area contributed by atoms with E-state index >= 15 is 0 Å². The molecule has 1 saturated heterocycles. The van der Waals surface area contributed by atoms with Gasteiger partial charge in [-0.05, 0) is 18.8 Å². The molecule has 2 fully saturated rings. The average Bonchev–Trinajstić information content (AvgIpc) is 3.16. The maximum atomic E-state index is 12.6. The van der Waals surface area contributed by atoms with Crippen molar-refractivity contribution in [1.29, 1.82) is 0 Å². The molecule has 1 heterocycles. The van der Waals surface area contributed by atoms with Gasteiger partial charge in [-0.1, -0.05) is 25.7 Å². The van der Waals surface area contributed by atoms with Crippen molar-refractivity contribution in [2.75, 3.05) is 13.1 Å². The number of carbonyl (C=O) groups is 3. The molecule has 0 spiro atoms. The number of amides is 2. The number of rotatable bonds is 7. The summed E-state index contributed by atoms with van der Waals surface area (Å²) >= 11 is 0. The Balaban J connectivity index is 2.03. The van der Waals surface area contributed by atoms with E-state index in [0.717, 1.165) is 19.1 Å². The molecule has 2 atom stereocenters. The Labute approximate surface area is 124 Å². The minimum Gasteiger partial charge on any atom is -0.301 e. The number of hydrazine groups is 1. The van der Waals surface area contributed by atoms with Gasteiger partial charge in [0, 0.05) is 6.54 Å². The predicted molar refractivity (Wildman–Crippen MR) is 73.9 cm³/mol. The van der Waals surface area contributed by atoms with E-state index in [9.17, 15) is 19.6 Å². The quantitative estimate of drug-likeness (QED) is 0.402. The molecule has 1 aliphatic carbocycles. The third-order valence-electron chi connectivity index (χ3n) is 4.42. The molecule has 2 rings (SSSR count). The van der Waals surface area contributed by atoms with Crippen LogP contribution in [0.15, 0.2) is 0 Å². The minimum absolute atomic E-state index is 0.0252. The molecular weight excluding hydrogens is 274 g/mol. The Morgan fingerprint density at radius 2 is 2.05 bits per heavy atom. The molecule has 0 bridgehead atoms. The standard InChI is InChI=1S/C14H23N3O4/c18-9-13-5-6-15-17(13)14(20)12(8-16(21)10-19)7-11-3-1-2-4-11/h9-13,15,21H,1-8H2. The average molecular weight is 297 g/mol. The van der Waals surface area contributed by atoms with Crippen LogP contribution >= 0.6 is 0 Å². The SMILES string of the molecule is O=CC1CCNN1C(=O)C(CC1CCCC1)CN(O)C=O.